The van der Waals surface area contributed by atoms with E-state index in [1.54, 1.807) is 0 Å². The molecular weight excluding hydrogens is 246 g/mol. The van der Waals surface area contributed by atoms with Crippen molar-refractivity contribution in [3.63, 3.8) is 0 Å². The van der Waals surface area contributed by atoms with Crippen molar-refractivity contribution in [1.29, 1.82) is 0 Å². The summed E-state index contributed by atoms with van der Waals surface area (Å²) in [6.45, 7) is 3.14. The van der Waals surface area contributed by atoms with Gasteiger partial charge in [-0.05, 0) is 37.7 Å². The zero-order valence-corrected chi connectivity index (χ0v) is 11.7. The molecule has 1 atom stereocenters. The van der Waals surface area contributed by atoms with Crippen molar-refractivity contribution in [2.75, 3.05) is 17.7 Å². The van der Waals surface area contributed by atoms with Gasteiger partial charge in [-0.25, -0.2) is 4.79 Å². The topological polar surface area (TPSA) is 40.5 Å². The highest BCUT2D eigenvalue weighted by atomic mass is 32.2. The maximum atomic E-state index is 11.5. The van der Waals surface area contributed by atoms with Crippen LogP contribution < -0.4 is 4.90 Å². The fourth-order valence-corrected chi connectivity index (χ4v) is 3.33. The van der Waals surface area contributed by atoms with Gasteiger partial charge in [0.2, 0.25) is 0 Å². The van der Waals surface area contributed by atoms with Crippen LogP contribution in [0.5, 0.6) is 0 Å². The number of hydrogen-bond donors (Lipinski definition) is 1. The standard InChI is InChI=1S/C14H19NO2S/c1-3-10-6-5-9-15(10)11-7-4-8-12(18-2)13(11)14(16)17/h4,7-8,10H,3,5-6,9H2,1-2H3,(H,16,17). The highest BCUT2D eigenvalue weighted by Crippen LogP contribution is 2.34. The Morgan fingerprint density at radius 3 is 2.94 bits per heavy atom. The summed E-state index contributed by atoms with van der Waals surface area (Å²) in [7, 11) is 0. The summed E-state index contributed by atoms with van der Waals surface area (Å²) in [5, 5.41) is 9.46. The normalized spacial score (nSPS) is 19.2. The average molecular weight is 265 g/mol. The van der Waals surface area contributed by atoms with Gasteiger partial charge in [-0.2, -0.15) is 0 Å². The Hall–Kier alpha value is -1.16. The van der Waals surface area contributed by atoms with Gasteiger partial charge < -0.3 is 10.0 Å². The van der Waals surface area contributed by atoms with Gasteiger partial charge in [-0.1, -0.05) is 13.0 Å². The first kappa shape index (κ1) is 13.3. The number of hydrogen-bond acceptors (Lipinski definition) is 3. The van der Waals surface area contributed by atoms with Crippen LogP contribution in [-0.2, 0) is 0 Å². The average Bonchev–Trinajstić information content (AvgIpc) is 2.85. The van der Waals surface area contributed by atoms with Crippen LogP contribution >= 0.6 is 11.8 Å². The van der Waals surface area contributed by atoms with E-state index >= 15 is 0 Å². The van der Waals surface area contributed by atoms with Gasteiger partial charge in [0.1, 0.15) is 0 Å². The third kappa shape index (κ3) is 2.34. The molecule has 0 bridgehead atoms. The van der Waals surface area contributed by atoms with Crippen molar-refractivity contribution in [2.24, 2.45) is 0 Å². The number of thioether (sulfide) groups is 1. The molecule has 0 spiro atoms. The molecule has 1 aliphatic rings. The molecule has 0 aromatic heterocycles. The summed E-state index contributed by atoms with van der Waals surface area (Å²) >= 11 is 1.50. The second kappa shape index (κ2) is 5.65. The molecule has 1 saturated heterocycles. The Bertz CT molecular complexity index is 447. The Balaban J connectivity index is 2.46. The summed E-state index contributed by atoms with van der Waals surface area (Å²) < 4.78 is 0. The molecule has 2 rings (SSSR count). The third-order valence-electron chi connectivity index (χ3n) is 3.60. The molecule has 1 aromatic rings. The van der Waals surface area contributed by atoms with Crippen LogP contribution in [0.25, 0.3) is 0 Å². The lowest BCUT2D eigenvalue weighted by Crippen LogP contribution is -2.30. The minimum atomic E-state index is -0.822. The SMILES string of the molecule is CCC1CCCN1c1cccc(SC)c1C(=O)O. The molecule has 1 unspecified atom stereocenters. The van der Waals surface area contributed by atoms with E-state index in [4.69, 9.17) is 0 Å². The quantitative estimate of drug-likeness (QED) is 0.846. The number of benzene rings is 1. The van der Waals surface area contributed by atoms with Crippen LogP contribution in [-0.4, -0.2) is 29.9 Å². The lowest BCUT2D eigenvalue weighted by atomic mass is 10.1. The zero-order chi connectivity index (χ0) is 13.1. The van der Waals surface area contributed by atoms with E-state index in [0.717, 1.165) is 30.0 Å². The molecule has 1 aliphatic heterocycles. The van der Waals surface area contributed by atoms with Gasteiger partial charge in [0.15, 0.2) is 0 Å². The van der Waals surface area contributed by atoms with Gasteiger partial charge in [0.25, 0.3) is 0 Å². The minimum absolute atomic E-state index is 0.463. The minimum Gasteiger partial charge on any atom is -0.478 e. The molecule has 18 heavy (non-hydrogen) atoms. The molecule has 98 valence electrons. The van der Waals surface area contributed by atoms with Gasteiger partial charge >= 0.3 is 5.97 Å². The summed E-state index contributed by atoms with van der Waals surface area (Å²) in [6, 6.07) is 6.27. The fourth-order valence-electron chi connectivity index (χ4n) is 2.72. The molecule has 0 saturated carbocycles. The molecule has 3 nitrogen and oxygen atoms in total. The Morgan fingerprint density at radius 2 is 2.33 bits per heavy atom. The lowest BCUT2D eigenvalue weighted by molar-refractivity contribution is 0.0694. The van der Waals surface area contributed by atoms with Crippen LogP contribution in [0.3, 0.4) is 0 Å². The van der Waals surface area contributed by atoms with Crippen LogP contribution in [0.15, 0.2) is 23.1 Å². The van der Waals surface area contributed by atoms with E-state index < -0.39 is 5.97 Å². The lowest BCUT2D eigenvalue weighted by Gasteiger charge is -2.28. The molecule has 4 heteroatoms. The number of carboxylic acids is 1. The fraction of sp³-hybridized carbons (Fsp3) is 0.500. The van der Waals surface area contributed by atoms with Crippen molar-refractivity contribution < 1.29 is 9.90 Å². The first-order valence-electron chi connectivity index (χ1n) is 6.36. The Labute approximate surface area is 112 Å². The van der Waals surface area contributed by atoms with Crippen molar-refractivity contribution in [3.05, 3.63) is 23.8 Å². The van der Waals surface area contributed by atoms with E-state index in [9.17, 15) is 9.90 Å². The number of aromatic carboxylic acids is 1. The molecule has 1 fully saturated rings. The maximum absolute atomic E-state index is 11.5. The second-order valence-corrected chi connectivity index (χ2v) is 5.41. The number of anilines is 1. The Kier molecular flexibility index (Phi) is 4.17. The van der Waals surface area contributed by atoms with Crippen LogP contribution in [0.2, 0.25) is 0 Å². The summed E-state index contributed by atoms with van der Waals surface area (Å²) in [5.74, 6) is -0.822. The number of rotatable bonds is 4. The second-order valence-electron chi connectivity index (χ2n) is 4.56. The molecule has 1 aromatic carbocycles. The highest BCUT2D eigenvalue weighted by molar-refractivity contribution is 7.98. The van der Waals surface area contributed by atoms with Gasteiger partial charge in [-0.15, -0.1) is 11.8 Å². The molecule has 0 radical (unpaired) electrons. The molecular formula is C14H19NO2S. The van der Waals surface area contributed by atoms with E-state index in [-0.39, 0.29) is 0 Å². The van der Waals surface area contributed by atoms with Crippen LogP contribution in [0.4, 0.5) is 5.69 Å². The molecule has 1 heterocycles. The maximum Gasteiger partial charge on any atom is 0.338 e. The predicted molar refractivity (Wildman–Crippen MR) is 75.8 cm³/mol. The highest BCUT2D eigenvalue weighted by Gasteiger charge is 2.27. The van der Waals surface area contributed by atoms with Gasteiger partial charge in [-0.3, -0.25) is 0 Å². The van der Waals surface area contributed by atoms with E-state index in [1.165, 1.54) is 18.2 Å². The van der Waals surface area contributed by atoms with Crippen molar-refractivity contribution in [3.8, 4) is 0 Å². The van der Waals surface area contributed by atoms with E-state index in [0.29, 0.717) is 11.6 Å². The smallest absolute Gasteiger partial charge is 0.338 e. The number of carbonyl (C=O) groups is 1. The summed E-state index contributed by atoms with van der Waals surface area (Å²) in [4.78, 5) is 14.6. The predicted octanol–water partition coefficient (Wildman–Crippen LogP) is 3.49. The van der Waals surface area contributed by atoms with Gasteiger partial charge in [0, 0.05) is 17.5 Å². The number of carboxylic acid groups (broad SMARTS) is 1. The largest absolute Gasteiger partial charge is 0.478 e. The molecule has 0 amide bonds. The summed E-state index contributed by atoms with van der Waals surface area (Å²) in [6.07, 6.45) is 5.31. The van der Waals surface area contributed by atoms with Crippen molar-refractivity contribution in [2.45, 2.75) is 37.1 Å². The molecule has 1 N–H and O–H groups in total. The molecule has 0 aliphatic carbocycles. The van der Waals surface area contributed by atoms with Gasteiger partial charge in [0.05, 0.1) is 11.3 Å². The Morgan fingerprint density at radius 1 is 1.56 bits per heavy atom. The van der Waals surface area contributed by atoms with Crippen LogP contribution in [0, 0.1) is 0 Å². The van der Waals surface area contributed by atoms with E-state index in [1.807, 2.05) is 24.5 Å². The van der Waals surface area contributed by atoms with Crippen LogP contribution in [0.1, 0.15) is 36.5 Å². The number of nitrogens with zero attached hydrogens (tertiary/aromatic N) is 1. The van der Waals surface area contributed by atoms with E-state index in [2.05, 4.69) is 11.8 Å². The first-order chi connectivity index (χ1) is 8.69. The first-order valence-corrected chi connectivity index (χ1v) is 7.58. The summed E-state index contributed by atoms with van der Waals surface area (Å²) in [5.41, 5.74) is 1.35. The zero-order valence-electron chi connectivity index (χ0n) is 10.8. The van der Waals surface area contributed by atoms with Crippen molar-refractivity contribution >= 4 is 23.4 Å². The third-order valence-corrected chi connectivity index (χ3v) is 4.38. The monoisotopic (exact) mass is 265 g/mol. The van der Waals surface area contributed by atoms with Crippen molar-refractivity contribution in [1.82, 2.24) is 0 Å².